The number of amides is 1. The van der Waals surface area contributed by atoms with Crippen LogP contribution in [0.15, 0.2) is 60.9 Å². The Kier molecular flexibility index (Phi) is 5.46. The van der Waals surface area contributed by atoms with Crippen LogP contribution in [0.1, 0.15) is 12.8 Å². The summed E-state index contributed by atoms with van der Waals surface area (Å²) in [5.41, 5.74) is 2.02. The summed E-state index contributed by atoms with van der Waals surface area (Å²) in [5.74, 6) is -0.411. The van der Waals surface area contributed by atoms with Crippen molar-refractivity contribution in [2.45, 2.75) is 12.8 Å². The Hall–Kier alpha value is -3.35. The molecule has 0 radical (unpaired) electrons. The van der Waals surface area contributed by atoms with Crippen molar-refractivity contribution in [3.63, 3.8) is 0 Å². The van der Waals surface area contributed by atoms with Gasteiger partial charge in [0.15, 0.2) is 0 Å². The van der Waals surface area contributed by atoms with E-state index in [4.69, 9.17) is 0 Å². The van der Waals surface area contributed by atoms with Crippen LogP contribution in [0.4, 0.5) is 20.4 Å². The molecule has 0 aliphatic carbocycles. The lowest BCUT2D eigenvalue weighted by Gasteiger charge is -2.32. The first-order chi connectivity index (χ1) is 14.1. The lowest BCUT2D eigenvalue weighted by atomic mass is 9.97. The highest BCUT2D eigenvalue weighted by Gasteiger charge is 2.27. The molecule has 1 fully saturated rings. The molecular weight excluding hydrogens is 374 g/mol. The Bertz CT molecular complexity index is 992. The maximum Gasteiger partial charge on any atom is 0.229 e. The van der Waals surface area contributed by atoms with E-state index < -0.39 is 0 Å². The smallest absolute Gasteiger partial charge is 0.229 e. The predicted octanol–water partition coefficient (Wildman–Crippen LogP) is 4.28. The molecule has 4 rings (SSSR count). The van der Waals surface area contributed by atoms with Crippen LogP contribution in [0.3, 0.4) is 0 Å². The van der Waals surface area contributed by atoms with Crippen LogP contribution < -0.4 is 10.2 Å². The highest BCUT2D eigenvalue weighted by atomic mass is 19.1. The Labute approximate surface area is 167 Å². The van der Waals surface area contributed by atoms with E-state index >= 15 is 0 Å². The SMILES string of the molecule is O=C(Nc1ccc(F)cc1)C1CCCN(c2ncc(-c3cccc(F)c3)cn2)C1. The molecule has 3 aromatic rings. The maximum absolute atomic E-state index is 13.4. The second-order valence-corrected chi connectivity index (χ2v) is 7.06. The third kappa shape index (κ3) is 4.56. The zero-order valence-corrected chi connectivity index (χ0v) is 15.7. The Morgan fingerprint density at radius 2 is 1.76 bits per heavy atom. The summed E-state index contributed by atoms with van der Waals surface area (Å²) in [6.07, 6.45) is 4.94. The van der Waals surface area contributed by atoms with Gasteiger partial charge in [-0.2, -0.15) is 0 Å². The van der Waals surface area contributed by atoms with E-state index in [-0.39, 0.29) is 23.5 Å². The summed E-state index contributed by atoms with van der Waals surface area (Å²) >= 11 is 0. The van der Waals surface area contributed by atoms with Gasteiger partial charge in [-0.25, -0.2) is 18.7 Å². The van der Waals surface area contributed by atoms with Gasteiger partial charge in [-0.15, -0.1) is 0 Å². The van der Waals surface area contributed by atoms with Crippen molar-refractivity contribution in [2.24, 2.45) is 5.92 Å². The minimum absolute atomic E-state index is 0.0994. The largest absolute Gasteiger partial charge is 0.340 e. The van der Waals surface area contributed by atoms with Crippen LogP contribution in [-0.4, -0.2) is 29.0 Å². The zero-order valence-electron chi connectivity index (χ0n) is 15.7. The van der Waals surface area contributed by atoms with Crippen LogP contribution >= 0.6 is 0 Å². The normalized spacial score (nSPS) is 16.5. The number of carbonyl (C=O) groups is 1. The fourth-order valence-corrected chi connectivity index (χ4v) is 3.45. The Balaban J connectivity index is 1.42. The zero-order chi connectivity index (χ0) is 20.2. The first-order valence-electron chi connectivity index (χ1n) is 9.48. The molecule has 2 aromatic carbocycles. The number of hydrogen-bond acceptors (Lipinski definition) is 4. The number of aromatic nitrogens is 2. The van der Waals surface area contributed by atoms with Crippen LogP contribution in [0.5, 0.6) is 0 Å². The van der Waals surface area contributed by atoms with Crippen LogP contribution in [-0.2, 0) is 4.79 Å². The van der Waals surface area contributed by atoms with Gasteiger partial charge in [0.25, 0.3) is 0 Å². The lowest BCUT2D eigenvalue weighted by molar-refractivity contribution is -0.120. The number of piperidine rings is 1. The van der Waals surface area contributed by atoms with Crippen LogP contribution in [0.2, 0.25) is 0 Å². The molecule has 29 heavy (non-hydrogen) atoms. The molecule has 0 bridgehead atoms. The first kappa shape index (κ1) is 19.0. The van der Waals surface area contributed by atoms with Crippen molar-refractivity contribution in [1.82, 2.24) is 9.97 Å². The Morgan fingerprint density at radius 1 is 1.00 bits per heavy atom. The summed E-state index contributed by atoms with van der Waals surface area (Å²) in [7, 11) is 0. The monoisotopic (exact) mass is 394 g/mol. The fourth-order valence-electron chi connectivity index (χ4n) is 3.45. The maximum atomic E-state index is 13.4. The summed E-state index contributed by atoms with van der Waals surface area (Å²) in [6.45, 7) is 1.27. The van der Waals surface area contributed by atoms with Crippen molar-refractivity contribution in [2.75, 3.05) is 23.3 Å². The molecule has 1 aliphatic heterocycles. The summed E-state index contributed by atoms with van der Waals surface area (Å²) in [6, 6.07) is 12.0. The van der Waals surface area contributed by atoms with Crippen molar-refractivity contribution in [1.29, 1.82) is 0 Å². The number of rotatable bonds is 4. The molecule has 1 N–H and O–H groups in total. The molecule has 5 nitrogen and oxygen atoms in total. The number of hydrogen-bond donors (Lipinski definition) is 1. The van der Waals surface area contributed by atoms with Crippen LogP contribution in [0.25, 0.3) is 11.1 Å². The molecule has 0 saturated carbocycles. The molecule has 1 atom stereocenters. The van der Waals surface area contributed by atoms with Gasteiger partial charge < -0.3 is 10.2 Å². The van der Waals surface area contributed by atoms with Crippen molar-refractivity contribution in [3.8, 4) is 11.1 Å². The fraction of sp³-hybridized carbons (Fsp3) is 0.227. The van der Waals surface area contributed by atoms with Crippen molar-refractivity contribution in [3.05, 3.63) is 72.6 Å². The highest BCUT2D eigenvalue weighted by molar-refractivity contribution is 5.93. The highest BCUT2D eigenvalue weighted by Crippen LogP contribution is 2.24. The summed E-state index contributed by atoms with van der Waals surface area (Å²) < 4.78 is 26.4. The number of nitrogens with one attached hydrogen (secondary N) is 1. The molecule has 7 heteroatoms. The van der Waals surface area contributed by atoms with Gasteiger partial charge in [0.1, 0.15) is 11.6 Å². The molecule has 1 aliphatic rings. The minimum Gasteiger partial charge on any atom is -0.340 e. The van der Waals surface area contributed by atoms with Gasteiger partial charge in [0.05, 0.1) is 5.92 Å². The topological polar surface area (TPSA) is 58.1 Å². The molecule has 1 aromatic heterocycles. The lowest BCUT2D eigenvalue weighted by Crippen LogP contribution is -2.41. The molecule has 0 spiro atoms. The number of benzene rings is 2. The van der Waals surface area contributed by atoms with E-state index in [9.17, 15) is 13.6 Å². The van der Waals surface area contributed by atoms with E-state index in [0.29, 0.717) is 23.7 Å². The van der Waals surface area contributed by atoms with Crippen molar-refractivity contribution >= 4 is 17.5 Å². The minimum atomic E-state index is -0.342. The summed E-state index contributed by atoms with van der Waals surface area (Å²) in [5, 5.41) is 2.84. The third-order valence-corrected chi connectivity index (χ3v) is 4.98. The molecule has 1 unspecified atom stereocenters. The average Bonchev–Trinajstić information content (AvgIpc) is 2.75. The second-order valence-electron chi connectivity index (χ2n) is 7.06. The Morgan fingerprint density at radius 3 is 2.48 bits per heavy atom. The molecular formula is C22H20F2N4O. The van der Waals surface area contributed by atoms with Gasteiger partial charge in [0, 0.05) is 36.7 Å². The van der Waals surface area contributed by atoms with E-state index in [1.807, 2.05) is 4.90 Å². The number of halogens is 2. The molecule has 1 saturated heterocycles. The van der Waals surface area contributed by atoms with Gasteiger partial charge in [0.2, 0.25) is 11.9 Å². The van der Waals surface area contributed by atoms with E-state index in [0.717, 1.165) is 24.9 Å². The standard InChI is InChI=1S/C22H20F2N4O/c23-18-6-8-20(9-7-18)27-21(29)16-4-2-10-28(14-16)22-25-12-17(13-26-22)15-3-1-5-19(24)11-15/h1,3,5-9,11-13,16H,2,4,10,14H2,(H,27,29). The number of nitrogens with zero attached hydrogens (tertiary/aromatic N) is 3. The average molecular weight is 394 g/mol. The van der Waals surface area contributed by atoms with Crippen LogP contribution in [0, 0.1) is 17.6 Å². The molecule has 1 amide bonds. The van der Waals surface area contributed by atoms with Crippen molar-refractivity contribution < 1.29 is 13.6 Å². The number of carbonyl (C=O) groups excluding carboxylic acids is 1. The van der Waals surface area contributed by atoms with E-state index in [1.54, 1.807) is 36.7 Å². The number of anilines is 2. The van der Waals surface area contributed by atoms with Gasteiger partial charge >= 0.3 is 0 Å². The van der Waals surface area contributed by atoms with E-state index in [2.05, 4.69) is 15.3 Å². The second kappa shape index (κ2) is 8.34. The quantitative estimate of drug-likeness (QED) is 0.718. The van der Waals surface area contributed by atoms with E-state index in [1.165, 1.54) is 24.3 Å². The predicted molar refractivity (Wildman–Crippen MR) is 107 cm³/mol. The first-order valence-corrected chi connectivity index (χ1v) is 9.48. The van der Waals surface area contributed by atoms with Gasteiger partial charge in [-0.05, 0) is 54.8 Å². The molecule has 148 valence electrons. The third-order valence-electron chi connectivity index (χ3n) is 4.98. The van der Waals surface area contributed by atoms with Gasteiger partial charge in [-0.1, -0.05) is 12.1 Å². The van der Waals surface area contributed by atoms with Gasteiger partial charge in [-0.3, -0.25) is 4.79 Å². The summed E-state index contributed by atoms with van der Waals surface area (Å²) in [4.78, 5) is 23.4. The molecule has 2 heterocycles.